The number of ether oxygens (including phenoxy) is 3. The normalized spacial score (nSPS) is 19.7. The van der Waals surface area contributed by atoms with E-state index in [9.17, 15) is 9.59 Å². The fourth-order valence-corrected chi connectivity index (χ4v) is 6.42. The summed E-state index contributed by atoms with van der Waals surface area (Å²) < 4.78 is 16.1. The Balaban J connectivity index is 1.75. The zero-order chi connectivity index (χ0) is 22.8. The van der Waals surface area contributed by atoms with Gasteiger partial charge in [0.05, 0.1) is 32.3 Å². The number of hydrogen-bond donors (Lipinski definition) is 2. The van der Waals surface area contributed by atoms with Crippen LogP contribution in [0.25, 0.3) is 0 Å². The minimum atomic E-state index is -0.404. The van der Waals surface area contributed by atoms with Crippen LogP contribution in [0.4, 0.5) is 5.69 Å². The van der Waals surface area contributed by atoms with Gasteiger partial charge in [0, 0.05) is 21.7 Å². The number of hydrogen-bond acceptors (Lipinski definition) is 7. The molecule has 1 aromatic heterocycles. The molecular weight excluding hydrogens is 448 g/mol. The van der Waals surface area contributed by atoms with Crippen LogP contribution in [0, 0.1) is 5.92 Å². The number of methoxy groups -OCH3 is 3. The predicted molar refractivity (Wildman–Crippen MR) is 127 cm³/mol. The second kappa shape index (κ2) is 9.30. The van der Waals surface area contributed by atoms with Crippen molar-refractivity contribution in [2.75, 3.05) is 26.6 Å². The summed E-state index contributed by atoms with van der Waals surface area (Å²) in [6, 6.07) is 12.9. The Morgan fingerprint density at radius 2 is 1.72 bits per heavy atom. The molecule has 1 amide bonds. The third-order valence-corrected chi connectivity index (χ3v) is 7.84. The van der Waals surface area contributed by atoms with Crippen molar-refractivity contribution in [3.63, 3.8) is 0 Å². The molecule has 0 spiro atoms. The molecule has 0 bridgehead atoms. The van der Waals surface area contributed by atoms with Gasteiger partial charge in [-0.25, -0.2) is 0 Å². The smallest absolute Gasteiger partial charge is 0.305 e. The van der Waals surface area contributed by atoms with Crippen molar-refractivity contribution in [2.24, 2.45) is 5.92 Å². The van der Waals surface area contributed by atoms with Crippen molar-refractivity contribution in [3.8, 4) is 17.2 Å². The van der Waals surface area contributed by atoms with E-state index in [1.165, 1.54) is 11.8 Å². The average Bonchev–Trinajstić information content (AvgIpc) is 3.17. The van der Waals surface area contributed by atoms with E-state index < -0.39 is 5.92 Å². The Kier molecular flexibility index (Phi) is 6.48. The first-order valence-electron chi connectivity index (χ1n) is 10.0. The molecule has 2 aromatic carbocycles. The lowest BCUT2D eigenvalue weighted by Gasteiger charge is -2.35. The van der Waals surface area contributed by atoms with Gasteiger partial charge in [-0.1, -0.05) is 24.3 Å². The van der Waals surface area contributed by atoms with Gasteiger partial charge in [-0.15, -0.1) is 11.8 Å². The van der Waals surface area contributed by atoms with Gasteiger partial charge < -0.3 is 24.5 Å². The first-order chi connectivity index (χ1) is 15.4. The van der Waals surface area contributed by atoms with Gasteiger partial charge >= 0.3 is 4.87 Å². The number of amides is 1. The van der Waals surface area contributed by atoms with Crippen LogP contribution < -0.4 is 24.4 Å². The van der Waals surface area contributed by atoms with Crippen LogP contribution in [-0.4, -0.2) is 37.5 Å². The second-order valence-corrected chi connectivity index (χ2v) is 9.77. The van der Waals surface area contributed by atoms with E-state index in [4.69, 9.17) is 14.2 Å². The summed E-state index contributed by atoms with van der Waals surface area (Å²) in [5.74, 6) is 1.09. The fraction of sp³-hybridized carbons (Fsp3) is 0.304. The highest BCUT2D eigenvalue weighted by molar-refractivity contribution is 8.00. The van der Waals surface area contributed by atoms with Crippen molar-refractivity contribution in [1.82, 2.24) is 4.98 Å². The van der Waals surface area contributed by atoms with Crippen LogP contribution in [0.3, 0.4) is 0 Å². The summed E-state index contributed by atoms with van der Waals surface area (Å²) in [4.78, 5) is 29.4. The monoisotopic (exact) mass is 472 g/mol. The molecule has 4 rings (SSSR count). The number of rotatable bonds is 6. The van der Waals surface area contributed by atoms with Crippen molar-refractivity contribution in [2.45, 2.75) is 23.1 Å². The maximum Gasteiger partial charge on any atom is 0.305 e. The number of nitrogens with one attached hydrogen (secondary N) is 2. The number of aromatic amines is 1. The number of H-pyrrole nitrogens is 1. The van der Waals surface area contributed by atoms with E-state index in [-0.39, 0.29) is 21.9 Å². The van der Waals surface area contributed by atoms with Crippen LogP contribution >= 0.6 is 23.1 Å². The molecule has 0 unspecified atom stereocenters. The highest BCUT2D eigenvalue weighted by Gasteiger charge is 2.42. The van der Waals surface area contributed by atoms with Gasteiger partial charge in [0.2, 0.25) is 5.91 Å². The van der Waals surface area contributed by atoms with E-state index in [2.05, 4.69) is 10.3 Å². The number of carbonyl (C=O) groups is 1. The molecule has 9 heteroatoms. The molecular formula is C23H24N2O5S2. The van der Waals surface area contributed by atoms with E-state index in [1.54, 1.807) is 33.5 Å². The van der Waals surface area contributed by atoms with Crippen LogP contribution in [0.2, 0.25) is 0 Å². The van der Waals surface area contributed by atoms with Crippen molar-refractivity contribution in [1.29, 1.82) is 0 Å². The Bertz CT molecular complexity index is 1170. The SMILES string of the molecule is COc1ccc(NC(=O)[C@H]2[C@H](c3ccc(OC)c(OC)c3)c3sc(=O)[nH]c3S[C@H]2C)cc1. The van der Waals surface area contributed by atoms with Crippen molar-refractivity contribution >= 4 is 34.7 Å². The van der Waals surface area contributed by atoms with Gasteiger partial charge in [-0.3, -0.25) is 9.59 Å². The Morgan fingerprint density at radius 1 is 1.00 bits per heavy atom. The maximum atomic E-state index is 13.5. The molecule has 168 valence electrons. The van der Waals surface area contributed by atoms with E-state index >= 15 is 0 Å². The first kappa shape index (κ1) is 22.3. The lowest BCUT2D eigenvalue weighted by molar-refractivity contribution is -0.120. The molecule has 32 heavy (non-hydrogen) atoms. The summed E-state index contributed by atoms with van der Waals surface area (Å²) in [6.45, 7) is 2.01. The lowest BCUT2D eigenvalue weighted by atomic mass is 9.81. The first-order valence-corrected chi connectivity index (χ1v) is 11.7. The third kappa shape index (κ3) is 4.22. The molecule has 1 aliphatic rings. The van der Waals surface area contributed by atoms with Gasteiger partial charge in [0.1, 0.15) is 5.75 Å². The van der Waals surface area contributed by atoms with Crippen molar-refractivity contribution in [3.05, 3.63) is 62.6 Å². The predicted octanol–water partition coefficient (Wildman–Crippen LogP) is 4.34. The zero-order valence-electron chi connectivity index (χ0n) is 18.1. The maximum absolute atomic E-state index is 13.5. The number of aromatic nitrogens is 1. The topological polar surface area (TPSA) is 89.7 Å². The summed E-state index contributed by atoms with van der Waals surface area (Å²) >= 11 is 2.67. The number of thiazole rings is 1. The van der Waals surface area contributed by atoms with Gasteiger partial charge in [-0.05, 0) is 42.0 Å². The summed E-state index contributed by atoms with van der Waals surface area (Å²) in [5, 5.41) is 3.79. The van der Waals surface area contributed by atoms with Gasteiger partial charge in [-0.2, -0.15) is 0 Å². The third-order valence-electron chi connectivity index (χ3n) is 5.52. The van der Waals surface area contributed by atoms with Crippen LogP contribution in [0.5, 0.6) is 17.2 Å². The van der Waals surface area contributed by atoms with Gasteiger partial charge in [0.25, 0.3) is 0 Å². The van der Waals surface area contributed by atoms with E-state index in [0.717, 1.165) is 32.6 Å². The largest absolute Gasteiger partial charge is 0.497 e. The molecule has 0 aliphatic carbocycles. The van der Waals surface area contributed by atoms with Crippen LogP contribution in [-0.2, 0) is 4.79 Å². The van der Waals surface area contributed by atoms with Crippen LogP contribution in [0.1, 0.15) is 23.3 Å². The molecule has 2 N–H and O–H groups in total. The number of carbonyl (C=O) groups excluding carboxylic acids is 1. The Labute approximate surface area is 194 Å². The Morgan fingerprint density at radius 3 is 2.38 bits per heavy atom. The minimum absolute atomic E-state index is 0.0657. The summed E-state index contributed by atoms with van der Waals surface area (Å²) in [5.41, 5.74) is 1.58. The number of thioether (sulfide) groups is 1. The molecule has 3 aromatic rings. The molecule has 0 saturated carbocycles. The van der Waals surface area contributed by atoms with Crippen LogP contribution in [0.15, 0.2) is 52.3 Å². The zero-order valence-corrected chi connectivity index (χ0v) is 19.8. The summed E-state index contributed by atoms with van der Waals surface area (Å²) in [7, 11) is 4.76. The quantitative estimate of drug-likeness (QED) is 0.555. The molecule has 3 atom stereocenters. The number of anilines is 1. The highest BCUT2D eigenvalue weighted by atomic mass is 32.2. The van der Waals surface area contributed by atoms with Gasteiger partial charge in [0.15, 0.2) is 11.5 Å². The number of fused-ring (bicyclic) bond motifs is 1. The van der Waals surface area contributed by atoms with E-state index in [0.29, 0.717) is 17.2 Å². The molecule has 1 aliphatic heterocycles. The molecule has 0 fully saturated rings. The molecule has 0 saturated heterocycles. The van der Waals surface area contributed by atoms with Crippen molar-refractivity contribution < 1.29 is 19.0 Å². The van der Waals surface area contributed by atoms with E-state index in [1.807, 2.05) is 37.3 Å². The Hall–Kier alpha value is -2.91. The molecule has 0 radical (unpaired) electrons. The lowest BCUT2D eigenvalue weighted by Crippen LogP contribution is -2.37. The second-order valence-electron chi connectivity index (χ2n) is 7.37. The highest BCUT2D eigenvalue weighted by Crippen LogP contribution is 2.50. The standard InChI is InChI=1S/C23H24N2O5S2/c1-12-18(21(26)24-14-6-8-15(28-2)9-7-14)19(20-22(31-12)25-23(27)32-20)13-5-10-16(29-3)17(11-13)30-4/h5-12,18-19H,1-4H3,(H,24,26)(H,25,27)/t12-,18+,19-/m0/s1. The summed E-state index contributed by atoms with van der Waals surface area (Å²) in [6.07, 6.45) is 0. The average molecular weight is 473 g/mol. The fourth-order valence-electron chi connectivity index (χ4n) is 3.98. The molecule has 7 nitrogen and oxygen atoms in total. The minimum Gasteiger partial charge on any atom is -0.497 e. The molecule has 2 heterocycles. The number of benzene rings is 2.